The van der Waals surface area contributed by atoms with Gasteiger partial charge in [0.15, 0.2) is 11.5 Å². The smallest absolute Gasteiger partial charge is 0.333 e. The number of ketones is 1. The van der Waals surface area contributed by atoms with E-state index in [1.807, 2.05) is 24.3 Å². The number of nitrogens with zero attached hydrogens (tertiary/aromatic N) is 3. The van der Waals surface area contributed by atoms with E-state index in [4.69, 9.17) is 6.57 Å². The van der Waals surface area contributed by atoms with Crippen molar-refractivity contribution in [2.24, 2.45) is 5.92 Å². The molecule has 2 aromatic carbocycles. The first-order valence-electron chi connectivity index (χ1n) is 18.1. The standard InChI is InChI=1S/C43H47N3O4S/c1-8-10-11-14-22-46-35-19-17-27(36-20-18-28(51-36)24-33(44-7)41(49)50)23-32(35)43(5,6)38(46)26-30-39(47)29(40(30)48)25-37-42(3,4)31-15-12-13-16-34(31)45(37)21-9-2/h12-13,15-20,23-26,29,39,47H,8-11,14,21-22H2,1-6H3/p+1. The molecule has 8 heteroatoms. The number of thiophene rings is 1. The SMILES string of the molecule is [C-]#[N+]C(=Cc1ccc(-c2ccc3c(c2)C(C)(C)C(C=C2C(=O)C(C=C4N(CCC)c5ccccc5C4(C)C)C2O)=[N+]3CCCCCC)s1)C(=O)O. The molecule has 1 saturated carbocycles. The van der Waals surface area contributed by atoms with Crippen LogP contribution < -0.4 is 4.90 Å². The monoisotopic (exact) mass is 702 g/mol. The third kappa shape index (κ3) is 6.43. The molecule has 2 unspecified atom stereocenters. The largest absolute Gasteiger partial charge is 0.486 e. The molecule has 2 N–H and O–H groups in total. The molecule has 1 aromatic heterocycles. The molecule has 3 aliphatic rings. The second kappa shape index (κ2) is 14.2. The number of carboxylic acids is 1. The molecule has 0 amide bonds. The summed E-state index contributed by atoms with van der Waals surface area (Å²) in [7, 11) is 0. The van der Waals surface area contributed by atoms with Crippen molar-refractivity contribution < 1.29 is 24.4 Å². The lowest BCUT2D eigenvalue weighted by Crippen LogP contribution is -2.46. The zero-order valence-corrected chi connectivity index (χ0v) is 31.3. The molecule has 0 spiro atoms. The number of aliphatic hydroxyl groups excluding tert-OH is 1. The van der Waals surface area contributed by atoms with Crippen LogP contribution >= 0.6 is 11.3 Å². The second-order valence-corrected chi connectivity index (χ2v) is 16.0. The predicted molar refractivity (Wildman–Crippen MR) is 207 cm³/mol. The van der Waals surface area contributed by atoms with E-state index in [0.717, 1.165) is 78.3 Å². The van der Waals surface area contributed by atoms with Crippen molar-refractivity contribution in [1.29, 1.82) is 0 Å². The van der Waals surface area contributed by atoms with Crippen molar-refractivity contribution in [2.75, 3.05) is 18.0 Å². The van der Waals surface area contributed by atoms with Gasteiger partial charge in [0.1, 0.15) is 6.54 Å². The maximum atomic E-state index is 14.0. The van der Waals surface area contributed by atoms with Crippen LogP contribution in [0.4, 0.5) is 11.4 Å². The predicted octanol–water partition coefficient (Wildman–Crippen LogP) is 9.29. The van der Waals surface area contributed by atoms with E-state index in [1.54, 1.807) is 0 Å². The Hall–Kier alpha value is -4.58. The third-order valence-corrected chi connectivity index (χ3v) is 11.9. The number of benzene rings is 2. The van der Waals surface area contributed by atoms with Gasteiger partial charge in [-0.2, -0.15) is 4.58 Å². The minimum absolute atomic E-state index is 0.0246. The molecule has 0 saturated heterocycles. The van der Waals surface area contributed by atoms with Crippen molar-refractivity contribution in [1.82, 2.24) is 0 Å². The number of carboxylic acid groups (broad SMARTS) is 1. The summed E-state index contributed by atoms with van der Waals surface area (Å²) in [6.45, 7) is 22.0. The lowest BCUT2D eigenvalue weighted by atomic mass is 9.71. The van der Waals surface area contributed by atoms with Gasteiger partial charge >= 0.3 is 5.97 Å². The maximum Gasteiger partial charge on any atom is 0.333 e. The first kappa shape index (κ1) is 36.2. The number of hydrogen-bond donors (Lipinski definition) is 2. The highest BCUT2D eigenvalue weighted by Crippen LogP contribution is 2.50. The van der Waals surface area contributed by atoms with Crippen LogP contribution in [0.2, 0.25) is 0 Å². The zero-order chi connectivity index (χ0) is 36.7. The number of para-hydroxylation sites is 1. The highest BCUT2D eigenvalue weighted by molar-refractivity contribution is 7.16. The first-order valence-corrected chi connectivity index (χ1v) is 18.9. The number of rotatable bonds is 12. The van der Waals surface area contributed by atoms with Crippen LogP contribution in [-0.2, 0) is 20.4 Å². The molecule has 3 heterocycles. The highest BCUT2D eigenvalue weighted by Gasteiger charge is 2.50. The summed E-state index contributed by atoms with van der Waals surface area (Å²) in [4.78, 5) is 32.5. The van der Waals surface area contributed by atoms with Gasteiger partial charge in [-0.1, -0.05) is 64.8 Å². The summed E-state index contributed by atoms with van der Waals surface area (Å²) >= 11 is 1.45. The summed E-state index contributed by atoms with van der Waals surface area (Å²) in [6.07, 6.45) is 9.91. The first-order chi connectivity index (χ1) is 24.3. The van der Waals surface area contributed by atoms with E-state index in [2.05, 4.69) is 98.3 Å². The van der Waals surface area contributed by atoms with Gasteiger partial charge in [0.05, 0.1) is 24.0 Å². The number of hydrogen-bond acceptors (Lipinski definition) is 5. The van der Waals surface area contributed by atoms with E-state index in [1.165, 1.54) is 28.7 Å². The topological polar surface area (TPSA) is 85.2 Å². The van der Waals surface area contributed by atoms with Crippen LogP contribution in [0.15, 0.2) is 83.7 Å². The summed E-state index contributed by atoms with van der Waals surface area (Å²) in [5, 5.41) is 21.0. The number of unbranched alkanes of at least 4 members (excludes halogenated alkanes) is 3. The Kier molecular flexibility index (Phi) is 10.1. The van der Waals surface area contributed by atoms with Crippen molar-refractivity contribution in [3.05, 3.63) is 111 Å². The van der Waals surface area contributed by atoms with Gasteiger partial charge < -0.3 is 15.1 Å². The average molecular weight is 703 g/mol. The van der Waals surface area contributed by atoms with Crippen LogP contribution in [0.5, 0.6) is 0 Å². The molecule has 3 aromatic rings. The van der Waals surface area contributed by atoms with Gasteiger partial charge in [0.25, 0.3) is 5.70 Å². The van der Waals surface area contributed by atoms with Crippen LogP contribution in [-0.4, -0.2) is 51.4 Å². The molecule has 0 bridgehead atoms. The number of anilines is 1. The van der Waals surface area contributed by atoms with Crippen molar-refractivity contribution in [3.63, 3.8) is 0 Å². The number of aliphatic hydroxyl groups is 1. The molecule has 6 rings (SSSR count). The van der Waals surface area contributed by atoms with Gasteiger partial charge in [0.2, 0.25) is 5.69 Å². The number of Topliss-reactive ketones (excluding diaryl/α,β-unsaturated/α-hetero) is 1. The molecular weight excluding hydrogens is 655 g/mol. The van der Waals surface area contributed by atoms with Gasteiger partial charge in [0, 0.05) is 62.8 Å². The number of allylic oxidation sites excluding steroid dienone is 2. The summed E-state index contributed by atoms with van der Waals surface area (Å²) < 4.78 is 2.34. The molecule has 7 nitrogen and oxygen atoms in total. The molecule has 2 aliphatic heterocycles. The van der Waals surface area contributed by atoms with E-state index in [0.29, 0.717) is 10.5 Å². The average Bonchev–Trinajstić information content (AvgIpc) is 3.72. The minimum Gasteiger partial charge on any atom is -0.486 e. The highest BCUT2D eigenvalue weighted by atomic mass is 32.1. The fraction of sp³-hybridized carbons (Fsp3) is 0.395. The quantitative estimate of drug-likeness (QED) is 0.0851. The summed E-state index contributed by atoms with van der Waals surface area (Å²) in [5.74, 6) is -1.86. The second-order valence-electron chi connectivity index (χ2n) is 14.9. The van der Waals surface area contributed by atoms with Crippen molar-refractivity contribution in [2.45, 2.75) is 90.6 Å². The summed E-state index contributed by atoms with van der Waals surface area (Å²) in [5.41, 5.74) is 7.18. The minimum atomic E-state index is -1.24. The normalized spacial score (nSPS) is 22.0. The van der Waals surface area contributed by atoms with Crippen LogP contribution in [0.1, 0.15) is 89.7 Å². The van der Waals surface area contributed by atoms with Gasteiger partial charge in [-0.25, -0.2) is 4.85 Å². The Morgan fingerprint density at radius 1 is 1.00 bits per heavy atom. The van der Waals surface area contributed by atoms with Crippen molar-refractivity contribution >= 4 is 46.3 Å². The Labute approximate surface area is 305 Å². The fourth-order valence-electron chi connectivity index (χ4n) is 7.91. The molecule has 51 heavy (non-hydrogen) atoms. The van der Waals surface area contributed by atoms with Gasteiger partial charge in [-0.3, -0.25) is 9.59 Å². The Bertz CT molecular complexity index is 2050. The van der Waals surface area contributed by atoms with E-state index >= 15 is 0 Å². The summed E-state index contributed by atoms with van der Waals surface area (Å²) in [6, 6.07) is 18.7. The molecule has 1 fully saturated rings. The van der Waals surface area contributed by atoms with E-state index in [9.17, 15) is 19.8 Å². The Balaban J connectivity index is 1.34. The number of carbonyl (C=O) groups is 2. The van der Waals surface area contributed by atoms with E-state index in [-0.39, 0.29) is 16.9 Å². The fourth-order valence-corrected chi connectivity index (χ4v) is 8.85. The van der Waals surface area contributed by atoms with Crippen molar-refractivity contribution in [3.8, 4) is 10.4 Å². The third-order valence-electron chi connectivity index (χ3n) is 10.8. The molecular formula is C43H48N3O4S+. The van der Waals surface area contributed by atoms with Crippen LogP contribution in [0.25, 0.3) is 21.4 Å². The van der Waals surface area contributed by atoms with Crippen LogP contribution in [0, 0.1) is 12.5 Å². The maximum absolute atomic E-state index is 14.0. The van der Waals surface area contributed by atoms with Gasteiger partial charge in [-0.15, -0.1) is 11.3 Å². The lowest BCUT2D eigenvalue weighted by Gasteiger charge is -2.35. The Morgan fingerprint density at radius 3 is 2.45 bits per heavy atom. The molecule has 0 radical (unpaired) electrons. The van der Waals surface area contributed by atoms with Crippen LogP contribution in [0.3, 0.4) is 0 Å². The number of fused-ring (bicyclic) bond motifs is 2. The molecule has 2 atom stereocenters. The molecule has 1 aliphatic carbocycles. The number of aliphatic carboxylic acids is 1. The van der Waals surface area contributed by atoms with Gasteiger partial charge in [-0.05, 0) is 74.2 Å². The molecule has 264 valence electrons. The lowest BCUT2D eigenvalue weighted by molar-refractivity contribution is -0.438. The number of carbonyl (C=O) groups excluding carboxylic acids is 1. The zero-order valence-electron chi connectivity index (χ0n) is 30.5. The van der Waals surface area contributed by atoms with E-state index < -0.39 is 23.4 Å². The Morgan fingerprint density at radius 2 is 1.76 bits per heavy atom.